The summed E-state index contributed by atoms with van der Waals surface area (Å²) in [6.45, 7) is -0.117. The number of amides is 3. The van der Waals surface area contributed by atoms with Gasteiger partial charge in [0.2, 0.25) is 17.7 Å². The lowest BCUT2D eigenvalue weighted by molar-refractivity contribution is -0.141. The number of benzene rings is 1. The number of nitrogens with two attached hydrogens (primary N) is 2. The molecule has 0 aliphatic heterocycles. The van der Waals surface area contributed by atoms with E-state index >= 15 is 0 Å². The first-order chi connectivity index (χ1) is 17.1. The van der Waals surface area contributed by atoms with E-state index in [4.69, 9.17) is 22.0 Å². The summed E-state index contributed by atoms with van der Waals surface area (Å²) in [6, 6.07) is 4.31. The van der Waals surface area contributed by atoms with Gasteiger partial charge in [0.1, 0.15) is 12.1 Å². The highest BCUT2D eigenvalue weighted by Gasteiger charge is 2.26. The lowest BCUT2D eigenvalue weighted by Crippen LogP contribution is -2.54. The van der Waals surface area contributed by atoms with Crippen molar-refractivity contribution < 1.29 is 24.3 Å². The highest BCUT2D eigenvalue weighted by Crippen LogP contribution is 2.19. The van der Waals surface area contributed by atoms with Gasteiger partial charge in [-0.2, -0.15) is 12.6 Å². The normalized spacial score (nSPS) is 13.3. The average Bonchev–Trinajstić information content (AvgIpc) is 3.25. The molecule has 0 bridgehead atoms. The SMILES string of the molecule is N=C(N)NCCC[C@H](N)C(=O)N[C@@H](Cc1c[nH]c2ccccc12)C(=O)NCC(=O)N[C@@H](CS)C(=O)O. The number of aromatic nitrogens is 1. The van der Waals surface area contributed by atoms with Gasteiger partial charge < -0.3 is 42.8 Å². The summed E-state index contributed by atoms with van der Waals surface area (Å²) in [5, 5.41) is 27.0. The van der Waals surface area contributed by atoms with Crippen LogP contribution in [0.25, 0.3) is 10.9 Å². The predicted octanol–water partition coefficient (Wildman–Crippen LogP) is -1.60. The maximum absolute atomic E-state index is 13.0. The van der Waals surface area contributed by atoms with Crippen LogP contribution < -0.4 is 32.7 Å². The third kappa shape index (κ3) is 8.78. The van der Waals surface area contributed by atoms with Crippen molar-refractivity contribution in [2.45, 2.75) is 37.4 Å². The van der Waals surface area contributed by atoms with Crippen LogP contribution in [0.1, 0.15) is 18.4 Å². The minimum atomic E-state index is -1.25. The largest absolute Gasteiger partial charge is 0.480 e. The van der Waals surface area contributed by atoms with E-state index in [2.05, 4.69) is 38.9 Å². The first-order valence-corrected chi connectivity index (χ1v) is 11.8. The van der Waals surface area contributed by atoms with Gasteiger partial charge >= 0.3 is 5.97 Å². The highest BCUT2D eigenvalue weighted by molar-refractivity contribution is 7.80. The summed E-state index contributed by atoms with van der Waals surface area (Å²) >= 11 is 3.88. The highest BCUT2D eigenvalue weighted by atomic mass is 32.1. The summed E-state index contributed by atoms with van der Waals surface area (Å²) in [5.41, 5.74) is 12.8. The third-order valence-corrected chi connectivity index (χ3v) is 5.68. The fourth-order valence-electron chi connectivity index (χ4n) is 3.41. The number of carboxylic acids is 1. The van der Waals surface area contributed by atoms with Crippen molar-refractivity contribution in [3.63, 3.8) is 0 Å². The van der Waals surface area contributed by atoms with E-state index in [9.17, 15) is 19.2 Å². The molecule has 2 aromatic rings. The van der Waals surface area contributed by atoms with Gasteiger partial charge in [-0.1, -0.05) is 18.2 Å². The van der Waals surface area contributed by atoms with Crippen LogP contribution >= 0.6 is 12.6 Å². The fourth-order valence-corrected chi connectivity index (χ4v) is 3.65. The number of nitrogens with one attached hydrogen (secondary N) is 6. The molecule has 0 spiro atoms. The lowest BCUT2D eigenvalue weighted by Gasteiger charge is -2.21. The monoisotopic (exact) mass is 520 g/mol. The van der Waals surface area contributed by atoms with Crippen LogP contribution in [0.15, 0.2) is 30.5 Å². The Morgan fingerprint density at radius 3 is 2.47 bits per heavy atom. The zero-order valence-electron chi connectivity index (χ0n) is 19.5. The molecule has 3 amide bonds. The molecule has 0 unspecified atom stereocenters. The van der Waals surface area contributed by atoms with Crippen LogP contribution in [0.3, 0.4) is 0 Å². The van der Waals surface area contributed by atoms with Crippen LogP contribution in [0, 0.1) is 5.41 Å². The number of fused-ring (bicyclic) bond motifs is 1. The van der Waals surface area contributed by atoms with E-state index in [1.165, 1.54) is 0 Å². The van der Waals surface area contributed by atoms with Gasteiger partial charge in [0.15, 0.2) is 5.96 Å². The van der Waals surface area contributed by atoms with Crippen molar-refractivity contribution in [3.05, 3.63) is 36.0 Å². The molecule has 0 saturated carbocycles. The van der Waals surface area contributed by atoms with E-state index < -0.39 is 48.4 Å². The van der Waals surface area contributed by atoms with E-state index in [0.29, 0.717) is 13.0 Å². The molecule has 1 aromatic heterocycles. The molecule has 0 aliphatic carbocycles. The molecule has 196 valence electrons. The summed E-state index contributed by atoms with van der Waals surface area (Å²) in [7, 11) is 0. The number of aromatic amines is 1. The van der Waals surface area contributed by atoms with Gasteiger partial charge in [-0.25, -0.2) is 4.79 Å². The van der Waals surface area contributed by atoms with Crippen molar-refractivity contribution in [1.29, 1.82) is 5.41 Å². The van der Waals surface area contributed by atoms with E-state index in [-0.39, 0.29) is 24.6 Å². The Hall–Kier alpha value is -3.78. The number of H-pyrrole nitrogens is 1. The van der Waals surface area contributed by atoms with Gasteiger partial charge in [0, 0.05) is 35.8 Å². The molecule has 1 heterocycles. The Kier molecular flexibility index (Phi) is 11.0. The Bertz CT molecular complexity index is 1090. The number of para-hydroxylation sites is 1. The van der Waals surface area contributed by atoms with E-state index in [0.717, 1.165) is 16.5 Å². The first kappa shape index (κ1) is 28.5. The molecule has 14 heteroatoms. The van der Waals surface area contributed by atoms with Crippen LogP contribution in [0.5, 0.6) is 0 Å². The lowest BCUT2D eigenvalue weighted by atomic mass is 10.0. The standard InChI is InChI=1S/C22H32N8O5S/c23-14(5-3-7-26-22(24)25)19(32)30-16(8-12-9-27-15-6-2-1-4-13(12)15)20(33)28-10-18(31)29-17(11-36)21(34)35/h1-2,4,6,9,14,16-17,27,36H,3,5,7-8,10-11,23H2,(H,28,33)(H,29,31)(H,30,32)(H,34,35)(H4,24,25,26)/t14-,16-,17-/m0/s1. The molecule has 0 aliphatic rings. The number of carbonyl (C=O) groups is 4. The Labute approximate surface area is 213 Å². The van der Waals surface area contributed by atoms with Crippen molar-refractivity contribution in [1.82, 2.24) is 26.3 Å². The van der Waals surface area contributed by atoms with Gasteiger partial charge in [-0.15, -0.1) is 0 Å². The Morgan fingerprint density at radius 1 is 1.08 bits per heavy atom. The zero-order valence-corrected chi connectivity index (χ0v) is 20.4. The third-order valence-electron chi connectivity index (χ3n) is 5.32. The quantitative estimate of drug-likeness (QED) is 0.0602. The second kappa shape index (κ2) is 13.9. The van der Waals surface area contributed by atoms with Crippen LogP contribution in [0.2, 0.25) is 0 Å². The number of aliphatic carboxylic acids is 1. The molecular formula is C22H32N8O5S. The average molecular weight is 521 g/mol. The summed E-state index contributed by atoms with van der Waals surface area (Å²) in [5.74, 6) is -3.45. The van der Waals surface area contributed by atoms with Gasteiger partial charge in [-0.05, 0) is 24.5 Å². The molecule has 36 heavy (non-hydrogen) atoms. The van der Waals surface area contributed by atoms with Gasteiger partial charge in [0.25, 0.3) is 0 Å². The first-order valence-electron chi connectivity index (χ1n) is 11.2. The number of carbonyl (C=O) groups excluding carboxylic acids is 3. The molecule has 0 saturated heterocycles. The van der Waals surface area contributed by atoms with E-state index in [1.807, 2.05) is 24.3 Å². The molecule has 2 rings (SSSR count). The summed E-state index contributed by atoms with van der Waals surface area (Å²) < 4.78 is 0. The molecule has 3 atom stereocenters. The molecule has 0 radical (unpaired) electrons. The number of hydrogen-bond acceptors (Lipinski definition) is 7. The Morgan fingerprint density at radius 2 is 1.81 bits per heavy atom. The maximum Gasteiger partial charge on any atom is 0.327 e. The van der Waals surface area contributed by atoms with Gasteiger partial charge in [0.05, 0.1) is 12.6 Å². The minimum Gasteiger partial charge on any atom is -0.480 e. The van der Waals surface area contributed by atoms with Crippen molar-refractivity contribution in [2.75, 3.05) is 18.8 Å². The number of thiol groups is 1. The smallest absolute Gasteiger partial charge is 0.327 e. The van der Waals surface area contributed by atoms with Crippen molar-refractivity contribution in [3.8, 4) is 0 Å². The minimum absolute atomic E-state index is 0.117. The second-order valence-electron chi connectivity index (χ2n) is 8.07. The predicted molar refractivity (Wildman–Crippen MR) is 137 cm³/mol. The number of hydrogen-bond donors (Lipinski definition) is 10. The molecule has 1 aromatic carbocycles. The molecule has 0 fully saturated rings. The second-order valence-corrected chi connectivity index (χ2v) is 8.44. The van der Waals surface area contributed by atoms with Crippen molar-refractivity contribution in [2.24, 2.45) is 11.5 Å². The fraction of sp³-hybridized carbons (Fsp3) is 0.409. The van der Waals surface area contributed by atoms with E-state index in [1.54, 1.807) is 6.20 Å². The van der Waals surface area contributed by atoms with Crippen LogP contribution in [-0.4, -0.2) is 76.7 Å². The number of guanidine groups is 1. The summed E-state index contributed by atoms with van der Waals surface area (Å²) in [6.07, 6.45) is 2.62. The molecule has 11 N–H and O–H groups in total. The maximum atomic E-state index is 13.0. The summed E-state index contributed by atoms with van der Waals surface area (Å²) in [4.78, 5) is 51.9. The topological polar surface area (TPSA) is 228 Å². The van der Waals surface area contributed by atoms with Crippen molar-refractivity contribution >= 4 is 53.2 Å². The number of carboxylic acid groups (broad SMARTS) is 1. The van der Waals surface area contributed by atoms with Crippen LogP contribution in [-0.2, 0) is 25.6 Å². The van der Waals surface area contributed by atoms with Gasteiger partial charge in [-0.3, -0.25) is 19.8 Å². The molecule has 13 nitrogen and oxygen atoms in total. The Balaban J connectivity index is 2.06. The number of rotatable bonds is 14. The van der Waals surface area contributed by atoms with Crippen LogP contribution in [0.4, 0.5) is 0 Å². The zero-order chi connectivity index (χ0) is 26.7. The molecular weight excluding hydrogens is 488 g/mol.